The van der Waals surface area contributed by atoms with Crippen LogP contribution in [0.4, 0.5) is 5.69 Å². The summed E-state index contributed by atoms with van der Waals surface area (Å²) in [4.78, 5) is 28.5. The molecule has 0 radical (unpaired) electrons. The second kappa shape index (κ2) is 4.83. The highest BCUT2D eigenvalue weighted by molar-refractivity contribution is 5.96. The molecule has 0 N–H and O–H groups in total. The van der Waals surface area contributed by atoms with Gasteiger partial charge >= 0.3 is 0 Å². The number of likely N-dealkylation sites (tertiary alicyclic amines) is 1. The van der Waals surface area contributed by atoms with Crippen molar-refractivity contribution in [1.29, 1.82) is 0 Å². The van der Waals surface area contributed by atoms with Gasteiger partial charge in [-0.25, -0.2) is 0 Å². The highest BCUT2D eigenvalue weighted by Gasteiger charge is 2.49. The molecule has 118 valence electrons. The van der Waals surface area contributed by atoms with Gasteiger partial charge in [0.25, 0.3) is 0 Å². The van der Waals surface area contributed by atoms with Crippen LogP contribution in [0.1, 0.15) is 32.1 Å². The molecule has 2 amide bonds. The third kappa shape index (κ3) is 2.40. The van der Waals surface area contributed by atoms with Crippen molar-refractivity contribution in [2.45, 2.75) is 32.1 Å². The molecule has 2 saturated heterocycles. The fraction of sp³-hybridized carbons (Fsp3) is 0.688. The van der Waals surface area contributed by atoms with Crippen LogP contribution in [0.25, 0.3) is 0 Å². The summed E-state index contributed by atoms with van der Waals surface area (Å²) < 4.78 is 1.72. The number of hydrogen-bond donors (Lipinski definition) is 0. The van der Waals surface area contributed by atoms with Crippen LogP contribution >= 0.6 is 0 Å². The first kappa shape index (κ1) is 13.8. The zero-order chi connectivity index (χ0) is 15.3. The van der Waals surface area contributed by atoms with Crippen LogP contribution in [0.3, 0.4) is 0 Å². The highest BCUT2D eigenvalue weighted by atomic mass is 16.2. The molecule has 3 heterocycles. The van der Waals surface area contributed by atoms with Crippen LogP contribution in [-0.2, 0) is 16.6 Å². The van der Waals surface area contributed by atoms with Gasteiger partial charge in [0.15, 0.2) is 0 Å². The normalized spacial score (nSPS) is 28.1. The lowest BCUT2D eigenvalue weighted by Crippen LogP contribution is -2.34. The van der Waals surface area contributed by atoms with E-state index in [-0.39, 0.29) is 17.2 Å². The van der Waals surface area contributed by atoms with E-state index in [4.69, 9.17) is 0 Å². The van der Waals surface area contributed by atoms with Crippen molar-refractivity contribution in [3.05, 3.63) is 12.4 Å². The summed E-state index contributed by atoms with van der Waals surface area (Å²) in [5, 5.41) is 4.15. The van der Waals surface area contributed by atoms with Gasteiger partial charge < -0.3 is 9.80 Å². The summed E-state index contributed by atoms with van der Waals surface area (Å²) in [6.45, 7) is 2.26. The van der Waals surface area contributed by atoms with E-state index in [1.54, 1.807) is 10.9 Å². The van der Waals surface area contributed by atoms with Gasteiger partial charge in [-0.2, -0.15) is 5.10 Å². The van der Waals surface area contributed by atoms with Crippen LogP contribution < -0.4 is 4.90 Å². The number of nitrogens with zero attached hydrogens (tertiary/aromatic N) is 4. The first-order chi connectivity index (χ1) is 10.5. The molecule has 1 saturated carbocycles. The van der Waals surface area contributed by atoms with Crippen molar-refractivity contribution in [3.63, 3.8) is 0 Å². The Morgan fingerprint density at radius 3 is 2.91 bits per heavy atom. The number of amides is 2. The van der Waals surface area contributed by atoms with Crippen LogP contribution in [0.5, 0.6) is 0 Å². The first-order valence-electron chi connectivity index (χ1n) is 8.11. The fourth-order valence-corrected chi connectivity index (χ4v) is 3.80. The molecule has 6 heteroatoms. The minimum Gasteiger partial charge on any atom is -0.342 e. The second-order valence-electron chi connectivity index (χ2n) is 7.24. The summed E-state index contributed by atoms with van der Waals surface area (Å²) >= 11 is 0. The molecule has 22 heavy (non-hydrogen) atoms. The third-order valence-corrected chi connectivity index (χ3v) is 5.27. The Morgan fingerprint density at radius 1 is 1.41 bits per heavy atom. The predicted octanol–water partition coefficient (Wildman–Crippen LogP) is 1.18. The number of hydrogen-bond acceptors (Lipinski definition) is 3. The number of rotatable bonds is 3. The van der Waals surface area contributed by atoms with Gasteiger partial charge in [0, 0.05) is 51.1 Å². The summed E-state index contributed by atoms with van der Waals surface area (Å²) in [5.41, 5.74) is 0.818. The minimum absolute atomic E-state index is 0.0495. The van der Waals surface area contributed by atoms with E-state index in [1.165, 1.54) is 12.8 Å². The number of carbonyl (C=O) groups excluding carboxylic acids is 2. The van der Waals surface area contributed by atoms with Gasteiger partial charge in [0.2, 0.25) is 11.8 Å². The smallest absolute Gasteiger partial charge is 0.227 e. The molecule has 1 unspecified atom stereocenters. The Kier molecular flexibility index (Phi) is 3.03. The van der Waals surface area contributed by atoms with E-state index in [1.807, 2.05) is 23.0 Å². The average Bonchev–Trinajstić information content (AvgIpc) is 2.91. The molecule has 4 rings (SSSR count). The number of carbonyl (C=O) groups is 2. The second-order valence-corrected chi connectivity index (χ2v) is 7.24. The molecule has 6 nitrogen and oxygen atoms in total. The third-order valence-electron chi connectivity index (χ3n) is 5.27. The van der Waals surface area contributed by atoms with Crippen LogP contribution in [-0.4, -0.2) is 46.1 Å². The van der Waals surface area contributed by atoms with Crippen molar-refractivity contribution < 1.29 is 9.59 Å². The van der Waals surface area contributed by atoms with Gasteiger partial charge in [0.1, 0.15) is 0 Å². The molecular formula is C16H22N4O2. The molecular weight excluding hydrogens is 280 g/mol. The van der Waals surface area contributed by atoms with E-state index in [2.05, 4.69) is 5.10 Å². The zero-order valence-electron chi connectivity index (χ0n) is 13.0. The number of anilines is 1. The topological polar surface area (TPSA) is 58.4 Å². The molecule has 1 aliphatic carbocycles. The van der Waals surface area contributed by atoms with Crippen LogP contribution in [0.15, 0.2) is 12.4 Å². The van der Waals surface area contributed by atoms with Crippen molar-refractivity contribution in [3.8, 4) is 0 Å². The molecule has 1 aromatic heterocycles. The lowest BCUT2D eigenvalue weighted by Gasteiger charge is -2.23. The molecule has 0 bridgehead atoms. The van der Waals surface area contributed by atoms with Crippen LogP contribution in [0, 0.1) is 11.3 Å². The van der Waals surface area contributed by atoms with E-state index in [0.717, 1.165) is 25.2 Å². The van der Waals surface area contributed by atoms with E-state index in [9.17, 15) is 9.59 Å². The summed E-state index contributed by atoms with van der Waals surface area (Å²) in [5.74, 6) is 1.07. The molecule has 3 fully saturated rings. The Bertz CT molecular complexity index is 621. The Balaban J connectivity index is 1.44. The molecule has 0 aromatic carbocycles. The zero-order valence-corrected chi connectivity index (χ0v) is 13.0. The fourth-order valence-electron chi connectivity index (χ4n) is 3.80. The Morgan fingerprint density at radius 2 is 2.23 bits per heavy atom. The maximum atomic E-state index is 12.4. The average molecular weight is 302 g/mol. The Hall–Kier alpha value is -1.85. The lowest BCUT2D eigenvalue weighted by molar-refractivity contribution is -0.131. The van der Waals surface area contributed by atoms with Gasteiger partial charge in [0.05, 0.1) is 11.9 Å². The number of aryl methyl sites for hydroxylation is 1. The monoisotopic (exact) mass is 302 g/mol. The highest BCUT2D eigenvalue weighted by Crippen LogP contribution is 2.42. The maximum Gasteiger partial charge on any atom is 0.227 e. The first-order valence-corrected chi connectivity index (χ1v) is 8.11. The maximum absolute atomic E-state index is 12.4. The van der Waals surface area contributed by atoms with E-state index < -0.39 is 0 Å². The largest absolute Gasteiger partial charge is 0.342 e. The SMILES string of the molecule is Cn1cc(N2CC3(CCN(C(=O)CC4CC4)C3)CC2=O)cn1. The molecule has 2 aliphatic heterocycles. The van der Waals surface area contributed by atoms with E-state index >= 15 is 0 Å². The van der Waals surface area contributed by atoms with Crippen molar-refractivity contribution in [2.75, 3.05) is 24.5 Å². The Labute approximate surface area is 130 Å². The summed E-state index contributed by atoms with van der Waals surface area (Å²) in [7, 11) is 1.85. The van der Waals surface area contributed by atoms with Gasteiger partial charge in [-0.05, 0) is 25.2 Å². The van der Waals surface area contributed by atoms with E-state index in [0.29, 0.717) is 25.3 Å². The molecule has 3 aliphatic rings. The van der Waals surface area contributed by atoms with Gasteiger partial charge in [-0.3, -0.25) is 14.3 Å². The standard InChI is InChI=1S/C16H22N4O2/c1-18-9-13(8-17-18)20-11-16(7-15(20)22)4-5-19(10-16)14(21)6-12-2-3-12/h8-9,12H,2-7,10-11H2,1H3. The van der Waals surface area contributed by atoms with Crippen molar-refractivity contribution in [2.24, 2.45) is 18.4 Å². The van der Waals surface area contributed by atoms with Gasteiger partial charge in [-0.15, -0.1) is 0 Å². The van der Waals surface area contributed by atoms with Crippen molar-refractivity contribution in [1.82, 2.24) is 14.7 Å². The van der Waals surface area contributed by atoms with Gasteiger partial charge in [-0.1, -0.05) is 0 Å². The summed E-state index contributed by atoms with van der Waals surface area (Å²) in [6.07, 6.45) is 8.22. The molecule has 1 spiro atoms. The predicted molar refractivity (Wildman–Crippen MR) is 81.1 cm³/mol. The van der Waals surface area contributed by atoms with Crippen molar-refractivity contribution >= 4 is 17.5 Å². The lowest BCUT2D eigenvalue weighted by atomic mass is 9.86. The summed E-state index contributed by atoms with van der Waals surface area (Å²) in [6, 6.07) is 0. The quantitative estimate of drug-likeness (QED) is 0.842. The number of aromatic nitrogens is 2. The molecule has 1 aromatic rings. The minimum atomic E-state index is -0.0495. The molecule has 1 atom stereocenters. The van der Waals surface area contributed by atoms with Crippen LogP contribution in [0.2, 0.25) is 0 Å².